The molecule has 26 heavy (non-hydrogen) atoms. The maximum absolute atomic E-state index is 12.7. The van der Waals surface area contributed by atoms with Crippen molar-refractivity contribution in [2.45, 2.75) is 58.9 Å². The van der Waals surface area contributed by atoms with Crippen LogP contribution in [0.2, 0.25) is 0 Å². The molecule has 2 aliphatic heterocycles. The molecule has 2 rings (SSSR count). The van der Waals surface area contributed by atoms with Gasteiger partial charge in [-0.15, -0.1) is 0 Å². The molecule has 2 atom stereocenters. The van der Waals surface area contributed by atoms with E-state index in [0.29, 0.717) is 11.9 Å². The Hall–Kier alpha value is -1.14. The fourth-order valence-corrected chi connectivity index (χ4v) is 4.17. The molecule has 0 aliphatic carbocycles. The van der Waals surface area contributed by atoms with E-state index < -0.39 is 0 Å². The zero-order chi connectivity index (χ0) is 18.9. The first-order chi connectivity index (χ1) is 12.5. The smallest absolute Gasteiger partial charge is 0.225 e. The fraction of sp³-hybridized carbons (Fsp3) is 0.900. The van der Waals surface area contributed by atoms with Gasteiger partial charge in [0, 0.05) is 37.5 Å². The highest BCUT2D eigenvalue weighted by Gasteiger charge is 2.32. The van der Waals surface area contributed by atoms with Crippen LogP contribution in [-0.4, -0.2) is 73.5 Å². The predicted octanol–water partition coefficient (Wildman–Crippen LogP) is 1.46. The molecule has 0 unspecified atom stereocenters. The van der Waals surface area contributed by atoms with Gasteiger partial charge in [-0.3, -0.25) is 9.59 Å². The molecular formula is C20H38N4O2. The highest BCUT2D eigenvalue weighted by atomic mass is 16.2. The van der Waals surface area contributed by atoms with E-state index in [0.717, 1.165) is 77.9 Å². The van der Waals surface area contributed by atoms with E-state index in [1.54, 1.807) is 0 Å². The summed E-state index contributed by atoms with van der Waals surface area (Å²) in [5, 5.41) is 6.50. The maximum atomic E-state index is 12.7. The highest BCUT2D eigenvalue weighted by Crippen LogP contribution is 2.23. The summed E-state index contributed by atoms with van der Waals surface area (Å²) < 4.78 is 0. The lowest BCUT2D eigenvalue weighted by Gasteiger charge is -2.36. The van der Waals surface area contributed by atoms with Crippen LogP contribution in [0.5, 0.6) is 0 Å². The molecule has 2 amide bonds. The van der Waals surface area contributed by atoms with Crippen molar-refractivity contribution in [3.8, 4) is 0 Å². The van der Waals surface area contributed by atoms with Crippen molar-refractivity contribution >= 4 is 11.8 Å². The third-order valence-electron chi connectivity index (χ3n) is 6.00. The Morgan fingerprint density at radius 3 is 2.42 bits per heavy atom. The van der Waals surface area contributed by atoms with Crippen LogP contribution < -0.4 is 10.6 Å². The third-order valence-corrected chi connectivity index (χ3v) is 6.00. The van der Waals surface area contributed by atoms with Gasteiger partial charge in [0.15, 0.2) is 0 Å². The molecule has 2 aliphatic rings. The van der Waals surface area contributed by atoms with Crippen LogP contribution >= 0.6 is 0 Å². The van der Waals surface area contributed by atoms with E-state index >= 15 is 0 Å². The molecule has 0 aromatic heterocycles. The molecule has 2 saturated heterocycles. The number of likely N-dealkylation sites (tertiary alicyclic amines) is 1. The number of nitrogens with zero attached hydrogens (tertiary/aromatic N) is 2. The summed E-state index contributed by atoms with van der Waals surface area (Å²) in [6, 6.07) is 0.428. The Labute approximate surface area is 159 Å². The van der Waals surface area contributed by atoms with Crippen LogP contribution in [0.15, 0.2) is 0 Å². The predicted molar refractivity (Wildman–Crippen MR) is 105 cm³/mol. The molecule has 6 heteroatoms. The Morgan fingerprint density at radius 2 is 1.81 bits per heavy atom. The first-order valence-electron chi connectivity index (χ1n) is 10.6. The quantitative estimate of drug-likeness (QED) is 0.639. The Morgan fingerprint density at radius 1 is 1.12 bits per heavy atom. The van der Waals surface area contributed by atoms with Crippen LogP contribution in [0.25, 0.3) is 0 Å². The van der Waals surface area contributed by atoms with Crippen LogP contribution in [-0.2, 0) is 9.59 Å². The number of hydrogen-bond donors (Lipinski definition) is 2. The largest absolute Gasteiger partial charge is 0.356 e. The summed E-state index contributed by atoms with van der Waals surface area (Å²) in [7, 11) is 0. The van der Waals surface area contributed by atoms with Crippen LogP contribution in [0.4, 0.5) is 0 Å². The van der Waals surface area contributed by atoms with Gasteiger partial charge in [0.05, 0.1) is 0 Å². The zero-order valence-corrected chi connectivity index (χ0v) is 16.9. The summed E-state index contributed by atoms with van der Waals surface area (Å²) in [4.78, 5) is 29.4. The summed E-state index contributed by atoms with van der Waals surface area (Å²) in [6.07, 6.45) is 4.48. The Bertz CT molecular complexity index is 445. The van der Waals surface area contributed by atoms with E-state index in [1.165, 1.54) is 0 Å². The Kier molecular flexibility index (Phi) is 8.85. The average molecular weight is 367 g/mol. The summed E-state index contributed by atoms with van der Waals surface area (Å²) in [5.41, 5.74) is 0. The number of hydrogen-bond acceptors (Lipinski definition) is 4. The fourth-order valence-electron chi connectivity index (χ4n) is 4.17. The first-order valence-corrected chi connectivity index (χ1v) is 10.6. The van der Waals surface area contributed by atoms with Crippen molar-refractivity contribution in [3.05, 3.63) is 0 Å². The van der Waals surface area contributed by atoms with Crippen molar-refractivity contribution in [1.82, 2.24) is 20.4 Å². The lowest BCUT2D eigenvalue weighted by atomic mass is 9.90. The van der Waals surface area contributed by atoms with Gasteiger partial charge in [-0.1, -0.05) is 13.8 Å². The van der Waals surface area contributed by atoms with Gasteiger partial charge in [-0.25, -0.2) is 0 Å². The number of nitrogens with one attached hydrogen (secondary N) is 2. The summed E-state index contributed by atoms with van der Waals surface area (Å²) in [5.74, 6) is 0.708. The van der Waals surface area contributed by atoms with Crippen molar-refractivity contribution < 1.29 is 9.59 Å². The lowest BCUT2D eigenvalue weighted by molar-refractivity contribution is -0.140. The number of rotatable bonds is 8. The summed E-state index contributed by atoms with van der Waals surface area (Å²) in [6.45, 7) is 12.8. The number of carbonyl (C=O) groups excluding carboxylic acids is 2. The number of amides is 2. The van der Waals surface area contributed by atoms with Crippen molar-refractivity contribution in [2.75, 3.05) is 45.8 Å². The first kappa shape index (κ1) is 21.2. The van der Waals surface area contributed by atoms with E-state index in [-0.39, 0.29) is 17.7 Å². The molecule has 0 radical (unpaired) electrons. The van der Waals surface area contributed by atoms with Crippen LogP contribution in [0.3, 0.4) is 0 Å². The van der Waals surface area contributed by atoms with Crippen LogP contribution in [0.1, 0.15) is 52.9 Å². The van der Waals surface area contributed by atoms with E-state index in [2.05, 4.69) is 36.3 Å². The second-order valence-electron chi connectivity index (χ2n) is 7.85. The van der Waals surface area contributed by atoms with Gasteiger partial charge in [0.25, 0.3) is 0 Å². The molecule has 0 aromatic carbocycles. The van der Waals surface area contributed by atoms with Crippen LogP contribution in [0, 0.1) is 11.8 Å². The minimum absolute atomic E-state index is 0.0689. The SMILES string of the molecule is CCN(CC)CCCNC(=O)C1CCN(C(=O)[C@H]2CCN[C@@H](C)C2)CC1. The van der Waals surface area contributed by atoms with Gasteiger partial charge >= 0.3 is 0 Å². The summed E-state index contributed by atoms with van der Waals surface area (Å²) >= 11 is 0. The van der Waals surface area contributed by atoms with Gasteiger partial charge in [-0.05, 0) is 65.2 Å². The molecular weight excluding hydrogens is 328 g/mol. The second-order valence-corrected chi connectivity index (χ2v) is 7.85. The standard InChI is InChI=1S/C20H38N4O2/c1-4-23(5-2)12-6-10-22-19(25)17-8-13-24(14-9-17)20(26)18-7-11-21-16(3)15-18/h16-18,21H,4-15H2,1-3H3,(H,22,25)/t16-,18-/m0/s1. The molecule has 2 heterocycles. The van der Waals surface area contributed by atoms with Crippen molar-refractivity contribution in [1.29, 1.82) is 0 Å². The highest BCUT2D eigenvalue weighted by molar-refractivity contribution is 5.81. The molecule has 2 fully saturated rings. The third kappa shape index (κ3) is 6.23. The molecule has 0 saturated carbocycles. The van der Waals surface area contributed by atoms with E-state index in [4.69, 9.17) is 0 Å². The molecule has 2 N–H and O–H groups in total. The number of piperidine rings is 2. The monoisotopic (exact) mass is 366 g/mol. The molecule has 150 valence electrons. The lowest BCUT2D eigenvalue weighted by Crippen LogP contribution is -2.48. The minimum Gasteiger partial charge on any atom is -0.356 e. The van der Waals surface area contributed by atoms with Gasteiger partial charge in [-0.2, -0.15) is 0 Å². The second kappa shape index (κ2) is 10.9. The topological polar surface area (TPSA) is 64.7 Å². The minimum atomic E-state index is 0.0689. The van der Waals surface area contributed by atoms with E-state index in [1.807, 2.05) is 4.90 Å². The zero-order valence-electron chi connectivity index (χ0n) is 16.9. The normalized spacial score (nSPS) is 24.7. The molecule has 6 nitrogen and oxygen atoms in total. The van der Waals surface area contributed by atoms with Gasteiger partial charge in [0.1, 0.15) is 0 Å². The Balaban J connectivity index is 1.65. The van der Waals surface area contributed by atoms with Crippen molar-refractivity contribution in [2.24, 2.45) is 11.8 Å². The molecule has 0 bridgehead atoms. The molecule has 0 aromatic rings. The average Bonchev–Trinajstić information content (AvgIpc) is 2.67. The van der Waals surface area contributed by atoms with Crippen molar-refractivity contribution in [3.63, 3.8) is 0 Å². The molecule has 0 spiro atoms. The van der Waals surface area contributed by atoms with Gasteiger partial charge in [0.2, 0.25) is 11.8 Å². The van der Waals surface area contributed by atoms with Gasteiger partial charge < -0.3 is 20.4 Å². The van der Waals surface area contributed by atoms with E-state index in [9.17, 15) is 9.59 Å². The number of carbonyl (C=O) groups is 2. The maximum Gasteiger partial charge on any atom is 0.225 e.